The number of aryl methyl sites for hydroxylation is 1. The molecule has 2 amide bonds. The summed E-state index contributed by atoms with van der Waals surface area (Å²) in [5, 5.41) is 5.18. The second-order valence-electron chi connectivity index (χ2n) is 5.80. The van der Waals surface area contributed by atoms with E-state index in [1.165, 1.54) is 18.3 Å². The highest BCUT2D eigenvalue weighted by molar-refractivity contribution is 7.14. The van der Waals surface area contributed by atoms with E-state index in [9.17, 15) is 19.2 Å². The fourth-order valence-corrected chi connectivity index (χ4v) is 3.05. The predicted octanol–water partition coefficient (Wildman–Crippen LogP) is 3.16. The minimum Gasteiger partial charge on any atom is -0.456 e. The van der Waals surface area contributed by atoms with Crippen LogP contribution in [0.25, 0.3) is 0 Å². The van der Waals surface area contributed by atoms with Crippen molar-refractivity contribution in [1.82, 2.24) is 0 Å². The van der Waals surface area contributed by atoms with Crippen LogP contribution in [0.4, 0.5) is 11.4 Å². The number of amides is 2. The number of esters is 1. The van der Waals surface area contributed by atoms with Gasteiger partial charge in [-0.05, 0) is 37.3 Å². The first-order valence-corrected chi connectivity index (χ1v) is 9.08. The quantitative estimate of drug-likeness (QED) is 0.534. The van der Waals surface area contributed by atoms with Crippen molar-refractivity contribution in [2.45, 2.75) is 26.7 Å². The number of ketones is 1. The highest BCUT2D eigenvalue weighted by atomic mass is 32.1. The number of benzene rings is 1. The molecule has 2 aromatic rings. The molecule has 27 heavy (non-hydrogen) atoms. The maximum Gasteiger partial charge on any atom is 0.306 e. The van der Waals surface area contributed by atoms with Crippen LogP contribution in [0.1, 0.15) is 34.3 Å². The molecular weight excluding hydrogens is 368 g/mol. The van der Waals surface area contributed by atoms with Crippen molar-refractivity contribution in [2.24, 2.45) is 0 Å². The summed E-state index contributed by atoms with van der Waals surface area (Å²) in [6.45, 7) is 2.84. The molecule has 1 heterocycles. The molecule has 142 valence electrons. The topological polar surface area (TPSA) is 102 Å². The fourth-order valence-electron chi connectivity index (χ4n) is 2.22. The molecule has 0 saturated heterocycles. The Balaban J connectivity index is 1.74. The van der Waals surface area contributed by atoms with E-state index in [2.05, 4.69) is 10.6 Å². The second kappa shape index (κ2) is 9.63. The number of ether oxygens (including phenoxy) is 1. The third kappa shape index (κ3) is 7.02. The van der Waals surface area contributed by atoms with Crippen LogP contribution in [0.15, 0.2) is 36.4 Å². The summed E-state index contributed by atoms with van der Waals surface area (Å²) in [6.07, 6.45) is -0.0414. The van der Waals surface area contributed by atoms with E-state index >= 15 is 0 Å². The molecule has 0 fully saturated rings. The number of hydrogen-bond donors (Lipinski definition) is 2. The van der Waals surface area contributed by atoms with E-state index in [4.69, 9.17) is 4.74 Å². The summed E-state index contributed by atoms with van der Waals surface area (Å²) in [4.78, 5) is 48.2. The minimum atomic E-state index is -0.612. The molecule has 0 radical (unpaired) electrons. The first-order valence-electron chi connectivity index (χ1n) is 8.26. The Morgan fingerprint density at radius 2 is 1.70 bits per heavy atom. The molecule has 8 heteroatoms. The Labute approximate surface area is 160 Å². The van der Waals surface area contributed by atoms with Gasteiger partial charge in [0.15, 0.2) is 12.4 Å². The number of carbonyl (C=O) groups is 4. The summed E-state index contributed by atoms with van der Waals surface area (Å²) in [6, 6.07) is 10.2. The lowest BCUT2D eigenvalue weighted by atomic mass is 10.2. The van der Waals surface area contributed by atoms with E-state index in [0.717, 1.165) is 4.88 Å². The highest BCUT2D eigenvalue weighted by Crippen LogP contribution is 2.18. The number of Topliss-reactive ketones (excluding diaryl/α,β-unsaturated/α-hetero) is 1. The zero-order chi connectivity index (χ0) is 19.8. The van der Waals surface area contributed by atoms with Gasteiger partial charge in [0, 0.05) is 29.6 Å². The van der Waals surface area contributed by atoms with E-state index in [1.54, 1.807) is 30.3 Å². The van der Waals surface area contributed by atoms with Gasteiger partial charge in [0.25, 0.3) is 5.91 Å². The van der Waals surface area contributed by atoms with Gasteiger partial charge < -0.3 is 15.4 Å². The molecule has 7 nitrogen and oxygen atoms in total. The Kier molecular flexibility index (Phi) is 7.25. The van der Waals surface area contributed by atoms with Crippen LogP contribution in [0, 0.1) is 6.92 Å². The van der Waals surface area contributed by atoms with E-state index in [1.807, 2.05) is 13.0 Å². The fraction of sp³-hybridized carbons (Fsp3) is 0.263. The van der Waals surface area contributed by atoms with E-state index in [0.29, 0.717) is 16.3 Å². The second-order valence-corrected chi connectivity index (χ2v) is 7.09. The smallest absolute Gasteiger partial charge is 0.306 e. The van der Waals surface area contributed by atoms with Crippen molar-refractivity contribution in [3.8, 4) is 0 Å². The number of thiophene rings is 1. The molecule has 2 rings (SSSR count). The predicted molar refractivity (Wildman–Crippen MR) is 103 cm³/mol. The van der Waals surface area contributed by atoms with Crippen LogP contribution in [-0.4, -0.2) is 30.2 Å². The summed E-state index contributed by atoms with van der Waals surface area (Å²) in [5.41, 5.74) is 1.00. The number of rotatable bonds is 8. The van der Waals surface area contributed by atoms with Gasteiger partial charge in [-0.3, -0.25) is 19.2 Å². The van der Waals surface area contributed by atoms with Gasteiger partial charge in [-0.1, -0.05) is 6.07 Å². The maximum atomic E-state index is 11.9. The van der Waals surface area contributed by atoms with Crippen LogP contribution < -0.4 is 10.6 Å². The Morgan fingerprint density at radius 3 is 2.33 bits per heavy atom. The van der Waals surface area contributed by atoms with Crippen molar-refractivity contribution >= 4 is 46.3 Å². The lowest BCUT2D eigenvalue weighted by molar-refractivity contribution is -0.147. The SMILES string of the molecule is CC(=O)Nc1cccc(NC(=O)COC(=O)CCC(=O)c2ccc(C)s2)c1. The van der Waals surface area contributed by atoms with Crippen LogP contribution in [-0.2, 0) is 19.1 Å². The Morgan fingerprint density at radius 1 is 1.00 bits per heavy atom. The van der Waals surface area contributed by atoms with Crippen molar-refractivity contribution in [2.75, 3.05) is 17.2 Å². The number of nitrogens with one attached hydrogen (secondary N) is 2. The number of hydrogen-bond acceptors (Lipinski definition) is 6. The zero-order valence-electron chi connectivity index (χ0n) is 15.0. The van der Waals surface area contributed by atoms with Crippen LogP contribution in [0.3, 0.4) is 0 Å². The minimum absolute atomic E-state index is 0.0408. The van der Waals surface area contributed by atoms with Crippen molar-refractivity contribution in [3.63, 3.8) is 0 Å². The van der Waals surface area contributed by atoms with Crippen LogP contribution in [0.2, 0.25) is 0 Å². The Hall–Kier alpha value is -3.00. The molecule has 0 atom stereocenters. The van der Waals surface area contributed by atoms with Gasteiger partial charge in [-0.2, -0.15) is 0 Å². The first-order chi connectivity index (χ1) is 12.8. The number of anilines is 2. The van der Waals surface area contributed by atoms with Gasteiger partial charge in [0.1, 0.15) is 0 Å². The van der Waals surface area contributed by atoms with E-state index < -0.39 is 18.5 Å². The van der Waals surface area contributed by atoms with Crippen molar-refractivity contribution in [1.29, 1.82) is 0 Å². The molecule has 1 aromatic carbocycles. The molecule has 2 N–H and O–H groups in total. The lowest BCUT2D eigenvalue weighted by Crippen LogP contribution is -2.21. The molecule has 0 saturated carbocycles. The first kappa shape index (κ1) is 20.3. The zero-order valence-corrected chi connectivity index (χ0v) is 15.9. The third-order valence-corrected chi connectivity index (χ3v) is 4.44. The van der Waals surface area contributed by atoms with Gasteiger partial charge >= 0.3 is 5.97 Å². The molecule has 1 aromatic heterocycles. The van der Waals surface area contributed by atoms with Gasteiger partial charge in [0.05, 0.1) is 11.3 Å². The number of carbonyl (C=O) groups excluding carboxylic acids is 4. The van der Waals surface area contributed by atoms with Gasteiger partial charge in [-0.15, -0.1) is 11.3 Å². The van der Waals surface area contributed by atoms with Gasteiger partial charge in [0.2, 0.25) is 5.91 Å². The molecule has 0 bridgehead atoms. The van der Waals surface area contributed by atoms with Crippen molar-refractivity contribution in [3.05, 3.63) is 46.2 Å². The van der Waals surface area contributed by atoms with Gasteiger partial charge in [-0.25, -0.2) is 0 Å². The standard InChI is InChI=1S/C19H20N2O5S/c1-12-6-8-17(27-12)16(23)7-9-19(25)26-11-18(24)21-15-5-3-4-14(10-15)20-13(2)22/h3-6,8,10H,7,9,11H2,1-2H3,(H,20,22)(H,21,24). The molecule has 0 unspecified atom stereocenters. The van der Waals surface area contributed by atoms with Crippen molar-refractivity contribution < 1.29 is 23.9 Å². The van der Waals surface area contributed by atoms with Crippen LogP contribution in [0.5, 0.6) is 0 Å². The Bertz CT molecular complexity index is 859. The summed E-state index contributed by atoms with van der Waals surface area (Å²) < 4.78 is 4.89. The molecular formula is C19H20N2O5S. The summed E-state index contributed by atoms with van der Waals surface area (Å²) in [7, 11) is 0. The molecule has 0 aliphatic rings. The third-order valence-electron chi connectivity index (χ3n) is 3.40. The average molecular weight is 388 g/mol. The monoisotopic (exact) mass is 388 g/mol. The normalized spacial score (nSPS) is 10.1. The summed E-state index contributed by atoms with van der Waals surface area (Å²) in [5.74, 6) is -1.47. The van der Waals surface area contributed by atoms with Crippen LogP contribution >= 0.6 is 11.3 Å². The van der Waals surface area contributed by atoms with E-state index in [-0.39, 0.29) is 24.5 Å². The average Bonchev–Trinajstić information content (AvgIpc) is 3.04. The summed E-state index contributed by atoms with van der Waals surface area (Å²) >= 11 is 1.38. The highest BCUT2D eigenvalue weighted by Gasteiger charge is 2.13. The molecule has 0 aliphatic carbocycles. The molecule has 0 spiro atoms. The lowest BCUT2D eigenvalue weighted by Gasteiger charge is -2.08. The largest absolute Gasteiger partial charge is 0.456 e. The molecule has 0 aliphatic heterocycles. The maximum absolute atomic E-state index is 11.9.